The van der Waals surface area contributed by atoms with E-state index in [1.807, 2.05) is 0 Å². The molecule has 1 aromatic carbocycles. The van der Waals surface area contributed by atoms with Gasteiger partial charge in [0.1, 0.15) is 12.4 Å². The fraction of sp³-hybridized carbons (Fsp3) is 0.222. The van der Waals surface area contributed by atoms with Gasteiger partial charge >= 0.3 is 6.18 Å². The third-order valence-electron chi connectivity index (χ3n) is 1.56. The molecule has 1 aromatic rings. The van der Waals surface area contributed by atoms with E-state index in [2.05, 4.69) is 0 Å². The maximum Gasteiger partial charge on any atom is 0.405 e. The number of alkyl halides is 3. The van der Waals surface area contributed by atoms with Crippen molar-refractivity contribution in [3.8, 4) is 0 Å². The zero-order chi connectivity index (χ0) is 11.5. The van der Waals surface area contributed by atoms with Crippen LogP contribution in [0.15, 0.2) is 24.3 Å². The third-order valence-corrected chi connectivity index (χ3v) is 1.56. The van der Waals surface area contributed by atoms with Gasteiger partial charge in [0.05, 0.1) is 0 Å². The van der Waals surface area contributed by atoms with Gasteiger partial charge in [-0.05, 0) is 24.3 Å². The minimum atomic E-state index is -4.45. The average molecular weight is 221 g/mol. The Bertz CT molecular complexity index is 344. The summed E-state index contributed by atoms with van der Waals surface area (Å²) in [6, 6.07) is 4.23. The zero-order valence-electron chi connectivity index (χ0n) is 7.44. The largest absolute Gasteiger partial charge is 0.405 e. The molecule has 0 atom stereocenters. The number of benzene rings is 1. The lowest BCUT2D eigenvalue weighted by Gasteiger charge is -2.07. The highest BCUT2D eigenvalue weighted by molar-refractivity contribution is 5.94. The molecule has 0 aromatic heterocycles. The van der Waals surface area contributed by atoms with E-state index in [9.17, 15) is 22.4 Å². The molecule has 0 heterocycles. The van der Waals surface area contributed by atoms with Crippen molar-refractivity contribution in [2.24, 2.45) is 0 Å². The molecule has 1 N–H and O–H groups in total. The highest BCUT2D eigenvalue weighted by Gasteiger charge is 2.27. The Morgan fingerprint density at radius 2 is 1.73 bits per heavy atom. The van der Waals surface area contributed by atoms with Crippen LogP contribution in [0, 0.1) is 5.82 Å². The fourth-order valence-electron chi connectivity index (χ4n) is 0.884. The Morgan fingerprint density at radius 3 is 2.20 bits per heavy atom. The van der Waals surface area contributed by atoms with Crippen molar-refractivity contribution in [1.82, 2.24) is 5.32 Å². The third kappa shape index (κ3) is 3.97. The molecule has 0 saturated heterocycles. The minimum Gasteiger partial charge on any atom is -0.343 e. The molecule has 82 valence electrons. The Labute approximate surface area is 82.9 Å². The predicted molar refractivity (Wildman–Crippen MR) is 44.8 cm³/mol. The average Bonchev–Trinajstić information content (AvgIpc) is 2.14. The molecule has 2 nitrogen and oxygen atoms in total. The first-order valence-electron chi connectivity index (χ1n) is 3.99. The van der Waals surface area contributed by atoms with Crippen LogP contribution in [0.1, 0.15) is 10.4 Å². The summed E-state index contributed by atoms with van der Waals surface area (Å²) < 4.78 is 47.6. The number of halogens is 4. The topological polar surface area (TPSA) is 29.1 Å². The van der Waals surface area contributed by atoms with Crippen molar-refractivity contribution < 1.29 is 22.4 Å². The van der Waals surface area contributed by atoms with E-state index in [0.29, 0.717) is 0 Å². The molecule has 0 aliphatic rings. The highest BCUT2D eigenvalue weighted by Crippen LogP contribution is 2.12. The number of carbonyl (C=O) groups is 1. The monoisotopic (exact) mass is 221 g/mol. The Hall–Kier alpha value is -1.59. The van der Waals surface area contributed by atoms with Crippen molar-refractivity contribution in [3.05, 3.63) is 35.6 Å². The number of nitrogens with one attached hydrogen (secondary N) is 1. The normalized spacial score (nSPS) is 11.2. The van der Waals surface area contributed by atoms with Crippen molar-refractivity contribution in [2.45, 2.75) is 6.18 Å². The van der Waals surface area contributed by atoms with E-state index in [-0.39, 0.29) is 5.56 Å². The summed E-state index contributed by atoms with van der Waals surface area (Å²) in [5, 5.41) is 1.67. The van der Waals surface area contributed by atoms with Gasteiger partial charge in [-0.1, -0.05) is 0 Å². The molecule has 1 rings (SSSR count). The van der Waals surface area contributed by atoms with Crippen LogP contribution in [0.2, 0.25) is 0 Å². The second-order valence-electron chi connectivity index (χ2n) is 2.80. The minimum absolute atomic E-state index is 0.0133. The summed E-state index contributed by atoms with van der Waals surface area (Å²) in [6.45, 7) is -1.40. The van der Waals surface area contributed by atoms with E-state index in [4.69, 9.17) is 0 Å². The summed E-state index contributed by atoms with van der Waals surface area (Å²) in [7, 11) is 0. The van der Waals surface area contributed by atoms with Gasteiger partial charge in [0.15, 0.2) is 0 Å². The zero-order valence-corrected chi connectivity index (χ0v) is 7.44. The van der Waals surface area contributed by atoms with Gasteiger partial charge in [0.25, 0.3) is 5.91 Å². The van der Waals surface area contributed by atoms with Crippen LogP contribution in [0.3, 0.4) is 0 Å². The molecular formula is C9H7F4NO. The number of carbonyl (C=O) groups excluding carboxylic acids is 1. The van der Waals surface area contributed by atoms with E-state index in [0.717, 1.165) is 24.3 Å². The van der Waals surface area contributed by atoms with E-state index >= 15 is 0 Å². The van der Waals surface area contributed by atoms with Crippen LogP contribution in [-0.4, -0.2) is 18.6 Å². The van der Waals surface area contributed by atoms with Gasteiger partial charge in [-0.25, -0.2) is 4.39 Å². The molecule has 0 aliphatic heterocycles. The summed E-state index contributed by atoms with van der Waals surface area (Å²) in [5.41, 5.74) is -0.0133. The van der Waals surface area contributed by atoms with Gasteiger partial charge in [0, 0.05) is 5.56 Å². The molecular weight excluding hydrogens is 214 g/mol. The first-order chi connectivity index (χ1) is 6.88. The molecule has 1 amide bonds. The van der Waals surface area contributed by atoms with Gasteiger partial charge in [-0.3, -0.25) is 4.79 Å². The smallest absolute Gasteiger partial charge is 0.343 e. The quantitative estimate of drug-likeness (QED) is 0.761. The van der Waals surface area contributed by atoms with Gasteiger partial charge in [-0.2, -0.15) is 13.2 Å². The summed E-state index contributed by atoms with van der Waals surface area (Å²) in [5.74, 6) is -1.44. The van der Waals surface area contributed by atoms with Crippen LogP contribution in [0.25, 0.3) is 0 Å². The van der Waals surface area contributed by atoms with Crippen LogP contribution in [0.5, 0.6) is 0 Å². The van der Waals surface area contributed by atoms with Crippen molar-refractivity contribution >= 4 is 5.91 Å². The lowest BCUT2D eigenvalue weighted by molar-refractivity contribution is -0.123. The Morgan fingerprint density at radius 1 is 1.20 bits per heavy atom. The molecule has 0 spiro atoms. The lowest BCUT2D eigenvalue weighted by atomic mass is 10.2. The second kappa shape index (κ2) is 4.29. The van der Waals surface area contributed by atoms with Crippen molar-refractivity contribution in [1.29, 1.82) is 0 Å². The van der Waals surface area contributed by atoms with Crippen LogP contribution >= 0.6 is 0 Å². The second-order valence-corrected chi connectivity index (χ2v) is 2.80. The molecule has 0 bridgehead atoms. The molecule has 0 unspecified atom stereocenters. The molecule has 15 heavy (non-hydrogen) atoms. The van der Waals surface area contributed by atoms with E-state index < -0.39 is 24.4 Å². The SMILES string of the molecule is O=C(NCC(F)(F)F)c1ccc(F)cc1. The van der Waals surface area contributed by atoms with Gasteiger partial charge in [0.2, 0.25) is 0 Å². The van der Waals surface area contributed by atoms with Crippen molar-refractivity contribution in [3.63, 3.8) is 0 Å². The van der Waals surface area contributed by atoms with Crippen LogP contribution < -0.4 is 5.32 Å². The molecule has 0 fully saturated rings. The van der Waals surface area contributed by atoms with E-state index in [1.54, 1.807) is 5.32 Å². The standard InChI is InChI=1S/C9H7F4NO/c10-7-3-1-6(2-4-7)8(15)14-5-9(11,12)13/h1-4H,5H2,(H,14,15). The molecule has 0 aliphatic carbocycles. The Balaban J connectivity index is 2.58. The summed E-state index contributed by atoms with van der Waals surface area (Å²) >= 11 is 0. The highest BCUT2D eigenvalue weighted by atomic mass is 19.4. The van der Waals surface area contributed by atoms with Crippen molar-refractivity contribution in [2.75, 3.05) is 6.54 Å². The van der Waals surface area contributed by atoms with Gasteiger partial charge < -0.3 is 5.32 Å². The number of hydrogen-bond donors (Lipinski definition) is 1. The predicted octanol–water partition coefficient (Wildman–Crippen LogP) is 2.12. The number of rotatable bonds is 2. The Kier molecular flexibility index (Phi) is 3.28. The van der Waals surface area contributed by atoms with E-state index in [1.165, 1.54) is 0 Å². The number of amides is 1. The van der Waals surface area contributed by atoms with Crippen LogP contribution in [-0.2, 0) is 0 Å². The maximum absolute atomic E-state index is 12.4. The fourth-order valence-corrected chi connectivity index (χ4v) is 0.884. The summed E-state index contributed by atoms with van der Waals surface area (Å²) in [4.78, 5) is 11.1. The maximum atomic E-state index is 12.4. The first-order valence-corrected chi connectivity index (χ1v) is 3.99. The summed E-state index contributed by atoms with van der Waals surface area (Å²) in [6.07, 6.45) is -4.45. The number of hydrogen-bond acceptors (Lipinski definition) is 1. The first kappa shape index (κ1) is 11.5. The molecule has 6 heteroatoms. The molecule has 0 saturated carbocycles. The lowest BCUT2D eigenvalue weighted by Crippen LogP contribution is -2.33. The van der Waals surface area contributed by atoms with Gasteiger partial charge in [-0.15, -0.1) is 0 Å². The molecule has 0 radical (unpaired) electrons. The van der Waals surface area contributed by atoms with Crippen LogP contribution in [0.4, 0.5) is 17.6 Å².